The molecule has 2 aliphatic carbocycles. The summed E-state index contributed by atoms with van der Waals surface area (Å²) in [5.74, 6) is 0.358. The molecule has 1 aromatic carbocycles. The van der Waals surface area contributed by atoms with Crippen molar-refractivity contribution >= 4 is 29.4 Å². The molecule has 34 heavy (non-hydrogen) atoms. The van der Waals surface area contributed by atoms with Gasteiger partial charge in [0.25, 0.3) is 5.91 Å². The zero-order chi connectivity index (χ0) is 23.1. The van der Waals surface area contributed by atoms with Crippen molar-refractivity contribution in [1.82, 2.24) is 25.6 Å². The van der Waals surface area contributed by atoms with E-state index in [0.717, 1.165) is 50.9 Å². The first-order chi connectivity index (χ1) is 16.6. The minimum absolute atomic E-state index is 0.168. The lowest BCUT2D eigenvalue weighted by Crippen LogP contribution is -2.26. The van der Waals surface area contributed by atoms with Gasteiger partial charge in [0, 0.05) is 29.9 Å². The monoisotopic (exact) mass is 463 g/mol. The van der Waals surface area contributed by atoms with Crippen molar-refractivity contribution in [2.45, 2.75) is 50.1 Å². The first-order valence-corrected chi connectivity index (χ1v) is 11.7. The van der Waals surface area contributed by atoms with Gasteiger partial charge < -0.3 is 20.4 Å². The van der Waals surface area contributed by atoms with Crippen molar-refractivity contribution in [1.29, 1.82) is 0 Å². The maximum absolute atomic E-state index is 13.4. The summed E-state index contributed by atoms with van der Waals surface area (Å²) >= 11 is 0. The fourth-order valence-corrected chi connectivity index (χ4v) is 4.16. The third-order valence-electron chi connectivity index (χ3n) is 6.68. The van der Waals surface area contributed by atoms with Crippen LogP contribution in [-0.4, -0.2) is 40.1 Å². The van der Waals surface area contributed by atoms with Gasteiger partial charge in [0.1, 0.15) is 18.5 Å². The number of hydrogen-bond donors (Lipinski definition) is 4. The fourth-order valence-electron chi connectivity index (χ4n) is 4.16. The third-order valence-corrected chi connectivity index (χ3v) is 6.68. The number of rotatable bonds is 8. The normalized spacial score (nSPS) is 18.1. The first kappa shape index (κ1) is 21.0. The molecule has 0 saturated heterocycles. The Balaban J connectivity index is 1.27. The molecule has 0 unspecified atom stereocenters. The largest absolute Gasteiger partial charge is 0.432 e. The van der Waals surface area contributed by atoms with Crippen LogP contribution >= 0.6 is 0 Å². The van der Waals surface area contributed by atoms with Gasteiger partial charge in [-0.05, 0) is 61.9 Å². The molecule has 10 heteroatoms. The molecular weight excluding hydrogens is 437 g/mol. The molecule has 0 atom stereocenters. The highest BCUT2D eigenvalue weighted by molar-refractivity contribution is 5.99. The van der Waals surface area contributed by atoms with Gasteiger partial charge in [0.15, 0.2) is 5.82 Å². The van der Waals surface area contributed by atoms with E-state index in [-0.39, 0.29) is 23.8 Å². The molecule has 4 N–H and O–H groups in total. The lowest BCUT2D eigenvalue weighted by atomic mass is 10.0. The van der Waals surface area contributed by atoms with Gasteiger partial charge in [-0.15, -0.1) is 0 Å². The van der Waals surface area contributed by atoms with E-state index in [2.05, 4.69) is 48.4 Å². The lowest BCUT2D eigenvalue weighted by molar-refractivity contribution is 0.0951. The van der Waals surface area contributed by atoms with E-state index < -0.39 is 12.1 Å². The molecule has 2 saturated carbocycles. The van der Waals surface area contributed by atoms with Gasteiger partial charge in [0.2, 0.25) is 5.95 Å². The van der Waals surface area contributed by atoms with Crippen LogP contribution in [0.3, 0.4) is 0 Å². The van der Waals surface area contributed by atoms with Gasteiger partial charge in [-0.25, -0.2) is 4.98 Å². The average Bonchev–Trinajstić information content (AvgIpc) is 3.78. The Morgan fingerprint density at radius 1 is 1.21 bits per heavy atom. The topological polar surface area (TPSA) is 117 Å². The first-order valence-electron chi connectivity index (χ1n) is 11.7. The summed E-state index contributed by atoms with van der Waals surface area (Å²) in [4.78, 5) is 26.1. The molecule has 1 amide bonds. The van der Waals surface area contributed by atoms with Crippen molar-refractivity contribution in [3.63, 3.8) is 0 Å². The number of carbonyl (C=O) groups excluding carboxylic acids is 1. The molecule has 2 aromatic heterocycles. The Labute approximate surface area is 196 Å². The SMILES string of the molecule is O=C(NC1CC1)c1cnc(Nc2ccc3c(c2)CCNC3)nc1Nc1nc(C2(CF)CC2)co1. The van der Waals surface area contributed by atoms with Crippen LogP contribution in [-0.2, 0) is 18.4 Å². The van der Waals surface area contributed by atoms with E-state index in [0.29, 0.717) is 17.2 Å². The second-order valence-electron chi connectivity index (χ2n) is 9.32. The van der Waals surface area contributed by atoms with Crippen LogP contribution in [0, 0.1) is 0 Å². The number of amides is 1. The Hall–Kier alpha value is -3.53. The third kappa shape index (κ3) is 4.21. The van der Waals surface area contributed by atoms with Gasteiger partial charge >= 0.3 is 6.01 Å². The van der Waals surface area contributed by atoms with Crippen LogP contribution in [0.1, 0.15) is 52.9 Å². The van der Waals surface area contributed by atoms with Crippen LogP contribution in [0.4, 0.5) is 27.9 Å². The summed E-state index contributed by atoms with van der Waals surface area (Å²) in [6.45, 7) is 1.35. The molecular formula is C24H26FN7O2. The lowest BCUT2D eigenvalue weighted by Gasteiger charge is -2.18. The number of fused-ring (bicyclic) bond motifs is 1. The second-order valence-corrected chi connectivity index (χ2v) is 9.32. The number of halogens is 1. The molecule has 0 radical (unpaired) electrons. The Morgan fingerprint density at radius 2 is 2.09 bits per heavy atom. The average molecular weight is 464 g/mol. The maximum atomic E-state index is 13.4. The smallest absolute Gasteiger partial charge is 0.300 e. The zero-order valence-electron chi connectivity index (χ0n) is 18.7. The summed E-state index contributed by atoms with van der Waals surface area (Å²) in [6, 6.07) is 6.54. The van der Waals surface area contributed by atoms with Crippen molar-refractivity contribution in [2.24, 2.45) is 0 Å². The number of carbonyl (C=O) groups is 1. The molecule has 176 valence electrons. The molecule has 2 fully saturated rings. The maximum Gasteiger partial charge on any atom is 0.300 e. The molecule has 0 bridgehead atoms. The quantitative estimate of drug-likeness (QED) is 0.401. The number of aromatic nitrogens is 3. The number of benzene rings is 1. The number of oxazole rings is 1. The number of anilines is 4. The predicted molar refractivity (Wildman–Crippen MR) is 124 cm³/mol. The van der Waals surface area contributed by atoms with Crippen LogP contribution in [0.25, 0.3) is 0 Å². The van der Waals surface area contributed by atoms with E-state index in [1.54, 1.807) is 0 Å². The van der Waals surface area contributed by atoms with E-state index in [1.165, 1.54) is 23.6 Å². The number of nitrogens with one attached hydrogen (secondary N) is 4. The van der Waals surface area contributed by atoms with Gasteiger partial charge in [-0.3, -0.25) is 14.5 Å². The Bertz CT molecular complexity index is 1240. The second kappa shape index (κ2) is 8.35. The van der Waals surface area contributed by atoms with Crippen LogP contribution in [0.5, 0.6) is 0 Å². The summed E-state index contributed by atoms with van der Waals surface area (Å²) in [5, 5.41) is 12.6. The Kier molecular flexibility index (Phi) is 5.17. The minimum atomic E-state index is -0.532. The molecule has 3 heterocycles. The zero-order valence-corrected chi connectivity index (χ0v) is 18.7. The summed E-state index contributed by atoms with van der Waals surface area (Å²) in [5.41, 5.74) is 3.79. The van der Waals surface area contributed by atoms with Gasteiger partial charge in [-0.2, -0.15) is 9.97 Å². The number of hydrogen-bond acceptors (Lipinski definition) is 8. The summed E-state index contributed by atoms with van der Waals surface area (Å²) in [7, 11) is 0. The van der Waals surface area contributed by atoms with Crippen molar-refractivity contribution < 1.29 is 13.6 Å². The predicted octanol–water partition coefficient (Wildman–Crippen LogP) is 3.49. The molecule has 6 rings (SSSR count). The van der Waals surface area contributed by atoms with E-state index in [9.17, 15) is 9.18 Å². The Morgan fingerprint density at radius 3 is 2.88 bits per heavy atom. The highest BCUT2D eigenvalue weighted by atomic mass is 19.1. The van der Waals surface area contributed by atoms with Crippen LogP contribution < -0.4 is 21.3 Å². The van der Waals surface area contributed by atoms with Gasteiger partial charge in [0.05, 0.1) is 5.69 Å². The van der Waals surface area contributed by atoms with E-state index in [1.807, 2.05) is 6.07 Å². The molecule has 3 aliphatic rings. The van der Waals surface area contributed by atoms with E-state index >= 15 is 0 Å². The summed E-state index contributed by atoms with van der Waals surface area (Å²) < 4.78 is 19.0. The van der Waals surface area contributed by atoms with E-state index in [4.69, 9.17) is 4.42 Å². The molecule has 0 spiro atoms. The van der Waals surface area contributed by atoms with Crippen molar-refractivity contribution in [2.75, 3.05) is 23.9 Å². The van der Waals surface area contributed by atoms with Crippen LogP contribution in [0.15, 0.2) is 35.1 Å². The molecule has 9 nitrogen and oxygen atoms in total. The summed E-state index contributed by atoms with van der Waals surface area (Å²) in [6.07, 6.45) is 7.37. The van der Waals surface area contributed by atoms with Crippen molar-refractivity contribution in [3.05, 3.63) is 53.0 Å². The fraction of sp³-hybridized carbons (Fsp3) is 0.417. The number of nitrogens with zero attached hydrogens (tertiary/aromatic N) is 3. The van der Waals surface area contributed by atoms with Crippen molar-refractivity contribution in [3.8, 4) is 0 Å². The number of alkyl halides is 1. The van der Waals surface area contributed by atoms with Gasteiger partial charge in [-0.1, -0.05) is 6.07 Å². The molecule has 1 aliphatic heterocycles. The highest BCUT2D eigenvalue weighted by Crippen LogP contribution is 2.48. The minimum Gasteiger partial charge on any atom is -0.432 e. The standard InChI is InChI=1S/C24H26FN7O2/c25-13-24(6-7-24)19-12-34-23(30-19)32-20-18(21(33)28-16-3-4-16)11-27-22(31-20)29-17-2-1-15-10-26-8-5-14(15)9-17/h1-2,9,11-12,16,26H,3-8,10,13H2,(H,28,33)(H2,27,29,30,31,32). The van der Waals surface area contributed by atoms with Crippen LogP contribution in [0.2, 0.25) is 0 Å². The highest BCUT2D eigenvalue weighted by Gasteiger charge is 2.47. The molecule has 3 aromatic rings.